The molecule has 0 amide bonds. The summed E-state index contributed by atoms with van der Waals surface area (Å²) in [6, 6.07) is 0.816. The summed E-state index contributed by atoms with van der Waals surface area (Å²) in [5.41, 5.74) is 0.492. The number of hydrogen-bond acceptors (Lipinski definition) is 2. The Hall–Kier alpha value is -0.0800. The minimum atomic E-state index is 0.492. The fourth-order valence-corrected chi connectivity index (χ4v) is 4.24. The van der Waals surface area contributed by atoms with Crippen LogP contribution in [0.25, 0.3) is 0 Å². The van der Waals surface area contributed by atoms with Crippen molar-refractivity contribution < 1.29 is 0 Å². The highest BCUT2D eigenvalue weighted by Gasteiger charge is 2.39. The van der Waals surface area contributed by atoms with Crippen molar-refractivity contribution in [2.75, 3.05) is 19.6 Å². The molecule has 2 saturated carbocycles. The summed E-state index contributed by atoms with van der Waals surface area (Å²) < 4.78 is 0. The molecule has 2 aliphatic carbocycles. The van der Waals surface area contributed by atoms with Crippen LogP contribution in [0.3, 0.4) is 0 Å². The van der Waals surface area contributed by atoms with Gasteiger partial charge in [0.15, 0.2) is 0 Å². The van der Waals surface area contributed by atoms with Crippen molar-refractivity contribution in [1.82, 2.24) is 10.2 Å². The number of hydrogen-bond donors (Lipinski definition) is 1. The van der Waals surface area contributed by atoms with E-state index in [0.717, 1.165) is 12.0 Å². The molecule has 19 heavy (non-hydrogen) atoms. The lowest BCUT2D eigenvalue weighted by atomic mass is 9.79. The summed E-state index contributed by atoms with van der Waals surface area (Å²) in [6.07, 6.45) is 14.4. The fraction of sp³-hybridized carbons (Fsp3) is 1.00. The zero-order valence-corrected chi connectivity index (χ0v) is 12.8. The second kappa shape index (κ2) is 6.13. The molecule has 1 saturated heterocycles. The minimum absolute atomic E-state index is 0.492. The van der Waals surface area contributed by atoms with E-state index >= 15 is 0 Å². The maximum absolute atomic E-state index is 3.96. The predicted molar refractivity (Wildman–Crippen MR) is 81.4 cm³/mol. The summed E-state index contributed by atoms with van der Waals surface area (Å²) in [5, 5.41) is 3.96. The number of piperazine rings is 1. The highest BCUT2D eigenvalue weighted by Crippen LogP contribution is 2.35. The second-order valence-corrected chi connectivity index (χ2v) is 7.37. The molecule has 3 rings (SSSR count). The lowest BCUT2D eigenvalue weighted by Gasteiger charge is -2.50. The Morgan fingerprint density at radius 1 is 1.11 bits per heavy atom. The van der Waals surface area contributed by atoms with Crippen molar-refractivity contribution in [3.63, 3.8) is 0 Å². The first-order valence-corrected chi connectivity index (χ1v) is 8.80. The van der Waals surface area contributed by atoms with Gasteiger partial charge in [0.05, 0.1) is 0 Å². The smallest absolute Gasteiger partial charge is 0.0309 e. The largest absolute Gasteiger partial charge is 0.308 e. The fourth-order valence-electron chi connectivity index (χ4n) is 4.24. The lowest BCUT2D eigenvalue weighted by molar-refractivity contribution is 0.0499. The van der Waals surface area contributed by atoms with Gasteiger partial charge < -0.3 is 5.32 Å². The Kier molecular flexibility index (Phi) is 4.48. The van der Waals surface area contributed by atoms with Gasteiger partial charge in [-0.05, 0) is 38.1 Å². The van der Waals surface area contributed by atoms with Gasteiger partial charge in [-0.15, -0.1) is 0 Å². The quantitative estimate of drug-likeness (QED) is 0.817. The van der Waals surface area contributed by atoms with Gasteiger partial charge in [0.2, 0.25) is 0 Å². The molecule has 1 heterocycles. The van der Waals surface area contributed by atoms with Crippen LogP contribution >= 0.6 is 0 Å². The van der Waals surface area contributed by atoms with Gasteiger partial charge in [-0.3, -0.25) is 4.90 Å². The highest BCUT2D eigenvalue weighted by atomic mass is 15.3. The topological polar surface area (TPSA) is 15.3 Å². The van der Waals surface area contributed by atoms with Gasteiger partial charge in [-0.2, -0.15) is 0 Å². The Morgan fingerprint density at radius 3 is 2.58 bits per heavy atom. The van der Waals surface area contributed by atoms with Crippen LogP contribution in [0.5, 0.6) is 0 Å². The van der Waals surface area contributed by atoms with Crippen molar-refractivity contribution in [3.05, 3.63) is 0 Å². The van der Waals surface area contributed by atoms with Crippen molar-refractivity contribution in [3.8, 4) is 0 Å². The first-order valence-electron chi connectivity index (χ1n) is 8.80. The average Bonchev–Trinajstić information content (AvgIpc) is 3.25. The molecule has 1 N–H and O–H groups in total. The standard InChI is InChI=1S/C17H32N2/c1-2-6-16-13-18-17(10-4-3-5-11-17)14-19(16)12-9-15-7-8-15/h15-16,18H,2-14H2,1H3. The molecule has 1 aliphatic heterocycles. The highest BCUT2D eigenvalue weighted by molar-refractivity contribution is 4.99. The molecule has 0 aromatic rings. The van der Waals surface area contributed by atoms with Crippen LogP contribution in [0.1, 0.15) is 71.1 Å². The van der Waals surface area contributed by atoms with Gasteiger partial charge in [-0.1, -0.05) is 45.4 Å². The number of nitrogens with zero attached hydrogens (tertiary/aromatic N) is 1. The third kappa shape index (κ3) is 3.52. The molecule has 0 aromatic carbocycles. The van der Waals surface area contributed by atoms with Crippen LogP contribution in [-0.4, -0.2) is 36.1 Å². The molecule has 2 nitrogen and oxygen atoms in total. The monoisotopic (exact) mass is 264 g/mol. The van der Waals surface area contributed by atoms with Crippen LogP contribution in [-0.2, 0) is 0 Å². The number of rotatable bonds is 5. The number of nitrogens with one attached hydrogen (secondary N) is 1. The van der Waals surface area contributed by atoms with Crippen molar-refractivity contribution >= 4 is 0 Å². The molecule has 2 heteroatoms. The first-order chi connectivity index (χ1) is 9.31. The van der Waals surface area contributed by atoms with Gasteiger partial charge in [-0.25, -0.2) is 0 Å². The zero-order valence-electron chi connectivity index (χ0n) is 12.8. The van der Waals surface area contributed by atoms with Gasteiger partial charge in [0.25, 0.3) is 0 Å². The van der Waals surface area contributed by atoms with E-state index < -0.39 is 0 Å². The van der Waals surface area contributed by atoms with Gasteiger partial charge >= 0.3 is 0 Å². The Balaban J connectivity index is 1.59. The second-order valence-electron chi connectivity index (χ2n) is 7.37. The van der Waals surface area contributed by atoms with E-state index in [9.17, 15) is 0 Å². The molecule has 1 spiro atoms. The maximum Gasteiger partial charge on any atom is 0.0309 e. The third-order valence-corrected chi connectivity index (χ3v) is 5.69. The van der Waals surface area contributed by atoms with E-state index in [-0.39, 0.29) is 0 Å². The van der Waals surface area contributed by atoms with Gasteiger partial charge in [0.1, 0.15) is 0 Å². The normalized spacial score (nSPS) is 31.7. The summed E-state index contributed by atoms with van der Waals surface area (Å²) >= 11 is 0. The Morgan fingerprint density at radius 2 is 1.89 bits per heavy atom. The van der Waals surface area contributed by atoms with Crippen LogP contribution in [0, 0.1) is 5.92 Å². The van der Waals surface area contributed by atoms with Crippen molar-refractivity contribution in [2.24, 2.45) is 5.92 Å². The molecule has 3 fully saturated rings. The molecular formula is C17H32N2. The van der Waals surface area contributed by atoms with E-state index in [0.29, 0.717) is 5.54 Å². The molecule has 110 valence electrons. The average molecular weight is 264 g/mol. The SMILES string of the molecule is CCCC1CNC2(CCCCC2)CN1CCC1CC1. The van der Waals surface area contributed by atoms with E-state index in [1.165, 1.54) is 83.8 Å². The molecule has 1 atom stereocenters. The molecular weight excluding hydrogens is 232 g/mol. The van der Waals surface area contributed by atoms with E-state index in [4.69, 9.17) is 0 Å². The molecule has 0 aromatic heterocycles. The summed E-state index contributed by atoms with van der Waals surface area (Å²) in [7, 11) is 0. The summed E-state index contributed by atoms with van der Waals surface area (Å²) in [5.74, 6) is 1.08. The minimum Gasteiger partial charge on any atom is -0.308 e. The van der Waals surface area contributed by atoms with Crippen LogP contribution < -0.4 is 5.32 Å². The van der Waals surface area contributed by atoms with Crippen LogP contribution in [0.4, 0.5) is 0 Å². The Bertz CT molecular complexity index is 279. The van der Waals surface area contributed by atoms with E-state index in [1.54, 1.807) is 0 Å². The molecule has 1 unspecified atom stereocenters. The van der Waals surface area contributed by atoms with Gasteiger partial charge in [0, 0.05) is 24.7 Å². The zero-order chi connectivity index (χ0) is 13.1. The molecule has 0 radical (unpaired) electrons. The summed E-state index contributed by atoms with van der Waals surface area (Å²) in [6.45, 7) is 6.30. The molecule has 3 aliphatic rings. The predicted octanol–water partition coefficient (Wildman–Crippen LogP) is 3.56. The summed E-state index contributed by atoms with van der Waals surface area (Å²) in [4.78, 5) is 2.86. The third-order valence-electron chi connectivity index (χ3n) is 5.69. The van der Waals surface area contributed by atoms with E-state index in [2.05, 4.69) is 17.1 Å². The van der Waals surface area contributed by atoms with Crippen LogP contribution in [0.2, 0.25) is 0 Å². The Labute approximate surface area is 119 Å². The van der Waals surface area contributed by atoms with Crippen molar-refractivity contribution in [1.29, 1.82) is 0 Å². The van der Waals surface area contributed by atoms with Crippen molar-refractivity contribution in [2.45, 2.75) is 82.7 Å². The van der Waals surface area contributed by atoms with E-state index in [1.807, 2.05) is 0 Å². The molecule has 0 bridgehead atoms. The first kappa shape index (κ1) is 13.9. The maximum atomic E-state index is 3.96. The van der Waals surface area contributed by atoms with Crippen LogP contribution in [0.15, 0.2) is 0 Å². The lowest BCUT2D eigenvalue weighted by Crippen LogP contribution is -2.64.